The van der Waals surface area contributed by atoms with E-state index in [-0.39, 0.29) is 0 Å². The Hall–Kier alpha value is -3.05. The Morgan fingerprint density at radius 1 is 1.37 bits per heavy atom. The molecule has 3 aromatic rings. The summed E-state index contributed by atoms with van der Waals surface area (Å²) < 4.78 is 1.68. The predicted octanol–water partition coefficient (Wildman–Crippen LogP) is 3.06. The minimum Gasteiger partial charge on any atom is -0.360 e. The van der Waals surface area contributed by atoms with E-state index in [9.17, 15) is 0 Å². The van der Waals surface area contributed by atoms with E-state index < -0.39 is 0 Å². The molecule has 1 N–H and O–H groups in total. The second-order valence-corrected chi connectivity index (χ2v) is 4.22. The zero-order valence-electron chi connectivity index (χ0n) is 10.2. The number of rotatable bonds is 1. The average molecular weight is 247 g/mol. The molecule has 0 atom stereocenters. The van der Waals surface area contributed by atoms with Gasteiger partial charge >= 0.3 is 0 Å². The normalized spacial score (nSPS) is 10.3. The molecule has 0 aliphatic heterocycles. The Morgan fingerprint density at radius 3 is 2.74 bits per heavy atom. The first-order valence-electron chi connectivity index (χ1n) is 5.69. The zero-order chi connectivity index (χ0) is 13.4. The fourth-order valence-corrected chi connectivity index (χ4v) is 2.04. The van der Waals surface area contributed by atoms with Gasteiger partial charge in [0.25, 0.3) is 5.82 Å². The van der Waals surface area contributed by atoms with E-state index in [0.29, 0.717) is 17.1 Å². The fourth-order valence-electron chi connectivity index (χ4n) is 2.04. The number of hydrogen-bond acceptors (Lipinski definition) is 2. The van der Waals surface area contributed by atoms with E-state index in [4.69, 9.17) is 11.8 Å². The molecule has 0 aliphatic carbocycles. The molecule has 0 bridgehead atoms. The number of imidazole rings is 1. The number of H-pyrrole nitrogens is 1. The largest absolute Gasteiger partial charge is 0.360 e. The summed E-state index contributed by atoms with van der Waals surface area (Å²) in [5.74, 6) is 0.452. The molecule has 19 heavy (non-hydrogen) atoms. The van der Waals surface area contributed by atoms with Crippen molar-refractivity contribution in [2.45, 2.75) is 6.92 Å². The summed E-state index contributed by atoms with van der Waals surface area (Å²) in [4.78, 5) is 8.01. The average Bonchev–Trinajstić information content (AvgIpc) is 2.94. The predicted molar refractivity (Wildman–Crippen MR) is 70.7 cm³/mol. The van der Waals surface area contributed by atoms with Crippen molar-refractivity contribution in [3.05, 3.63) is 53.0 Å². The number of hydrogen-bond donors (Lipinski definition) is 1. The van der Waals surface area contributed by atoms with Crippen LogP contribution in [-0.4, -0.2) is 14.6 Å². The van der Waals surface area contributed by atoms with Crippen LogP contribution in [0.15, 0.2) is 30.3 Å². The minimum absolute atomic E-state index is 0.452. The summed E-state index contributed by atoms with van der Waals surface area (Å²) in [6, 6.07) is 11.0. The lowest BCUT2D eigenvalue weighted by Crippen LogP contribution is -1.83. The van der Waals surface area contributed by atoms with E-state index in [0.717, 1.165) is 16.9 Å². The molecule has 1 aromatic carbocycles. The Bertz CT molecular complexity index is 837. The van der Waals surface area contributed by atoms with Crippen molar-refractivity contribution in [1.29, 1.82) is 5.26 Å². The van der Waals surface area contributed by atoms with Crippen LogP contribution >= 0.6 is 0 Å². The van der Waals surface area contributed by atoms with Crippen molar-refractivity contribution in [3.8, 4) is 17.3 Å². The van der Waals surface area contributed by atoms with Gasteiger partial charge in [0.1, 0.15) is 0 Å². The van der Waals surface area contributed by atoms with Gasteiger partial charge < -0.3 is 4.85 Å². The van der Waals surface area contributed by atoms with Gasteiger partial charge in [-0.2, -0.15) is 9.78 Å². The van der Waals surface area contributed by atoms with E-state index >= 15 is 0 Å². The van der Waals surface area contributed by atoms with Gasteiger partial charge in [0.15, 0.2) is 0 Å². The molecular weight excluding hydrogens is 238 g/mol. The van der Waals surface area contributed by atoms with Crippen LogP contribution in [0.3, 0.4) is 0 Å². The van der Waals surface area contributed by atoms with Crippen LogP contribution in [0.25, 0.3) is 21.7 Å². The van der Waals surface area contributed by atoms with Gasteiger partial charge in [0, 0.05) is 6.07 Å². The lowest BCUT2D eigenvalue weighted by atomic mass is 10.1. The highest BCUT2D eigenvalue weighted by molar-refractivity contribution is 5.77. The van der Waals surface area contributed by atoms with Crippen LogP contribution in [-0.2, 0) is 0 Å². The standard InChI is InChI=1S/C14H9N5/c1-9-7-12-17-13(14(16-2)19(12)18-9)11-5-3-10(8-15)4-6-11/h3-7,18H,1H3. The van der Waals surface area contributed by atoms with Crippen LogP contribution in [0.1, 0.15) is 11.3 Å². The monoisotopic (exact) mass is 247 g/mol. The number of aromatic nitrogens is 3. The first-order valence-corrected chi connectivity index (χ1v) is 5.69. The minimum atomic E-state index is 0.452. The van der Waals surface area contributed by atoms with Crippen LogP contribution in [0.2, 0.25) is 0 Å². The van der Waals surface area contributed by atoms with E-state index in [1.807, 2.05) is 25.1 Å². The molecule has 0 saturated heterocycles. The molecule has 5 nitrogen and oxygen atoms in total. The van der Waals surface area contributed by atoms with E-state index in [1.54, 1.807) is 16.6 Å². The molecule has 0 fully saturated rings. The van der Waals surface area contributed by atoms with Crippen molar-refractivity contribution in [3.63, 3.8) is 0 Å². The highest BCUT2D eigenvalue weighted by Gasteiger charge is 2.16. The van der Waals surface area contributed by atoms with Crippen molar-refractivity contribution in [2.24, 2.45) is 0 Å². The summed E-state index contributed by atoms with van der Waals surface area (Å²) in [6.45, 7) is 9.23. The van der Waals surface area contributed by atoms with E-state index in [1.165, 1.54) is 0 Å². The van der Waals surface area contributed by atoms with Crippen LogP contribution < -0.4 is 0 Å². The number of nitrogens with zero attached hydrogens (tertiary/aromatic N) is 4. The van der Waals surface area contributed by atoms with Crippen molar-refractivity contribution < 1.29 is 0 Å². The SMILES string of the molecule is [C-]#[N+]c1c(-c2ccc(C#N)cc2)nc2cc(C)[nH]n12. The van der Waals surface area contributed by atoms with Crippen LogP contribution in [0.5, 0.6) is 0 Å². The number of nitriles is 1. The maximum atomic E-state index is 8.79. The molecule has 0 spiro atoms. The Morgan fingerprint density at radius 2 is 2.11 bits per heavy atom. The Kier molecular flexibility index (Phi) is 2.33. The maximum absolute atomic E-state index is 8.79. The second kappa shape index (κ2) is 4.01. The highest BCUT2D eigenvalue weighted by Crippen LogP contribution is 2.31. The Balaban J connectivity index is 2.22. The molecule has 5 heteroatoms. The molecule has 0 aliphatic rings. The van der Waals surface area contributed by atoms with Crippen molar-refractivity contribution >= 4 is 11.5 Å². The second-order valence-electron chi connectivity index (χ2n) is 4.22. The first kappa shape index (κ1) is 11.1. The van der Waals surface area contributed by atoms with Gasteiger partial charge in [-0.15, -0.1) is 0 Å². The molecule has 0 radical (unpaired) electrons. The van der Waals surface area contributed by atoms with Crippen LogP contribution in [0.4, 0.5) is 5.82 Å². The van der Waals surface area contributed by atoms with Gasteiger partial charge in [-0.1, -0.05) is 18.7 Å². The van der Waals surface area contributed by atoms with Crippen molar-refractivity contribution in [1.82, 2.24) is 14.6 Å². The molecule has 2 aromatic heterocycles. The zero-order valence-corrected chi connectivity index (χ0v) is 10.2. The van der Waals surface area contributed by atoms with Crippen LogP contribution in [0, 0.1) is 24.8 Å². The lowest BCUT2D eigenvalue weighted by molar-refractivity contribution is 0.959. The van der Waals surface area contributed by atoms with Gasteiger partial charge in [0.2, 0.25) is 5.65 Å². The molecule has 0 saturated carbocycles. The lowest BCUT2D eigenvalue weighted by Gasteiger charge is -1.98. The molecule has 0 amide bonds. The third-order valence-electron chi connectivity index (χ3n) is 2.91. The maximum Gasteiger partial charge on any atom is 0.281 e. The van der Waals surface area contributed by atoms with Gasteiger partial charge in [-0.3, -0.25) is 0 Å². The summed E-state index contributed by atoms with van der Waals surface area (Å²) in [7, 11) is 0. The Labute approximate surface area is 109 Å². The molecule has 2 heterocycles. The molecule has 90 valence electrons. The van der Waals surface area contributed by atoms with Gasteiger partial charge in [0.05, 0.1) is 23.0 Å². The third-order valence-corrected chi connectivity index (χ3v) is 2.91. The summed E-state index contributed by atoms with van der Waals surface area (Å²) >= 11 is 0. The van der Waals surface area contributed by atoms with Crippen molar-refractivity contribution in [2.75, 3.05) is 0 Å². The molecule has 0 unspecified atom stereocenters. The number of nitrogens with one attached hydrogen (secondary N) is 1. The summed E-state index contributed by atoms with van der Waals surface area (Å²) in [5.41, 5.74) is 3.74. The smallest absolute Gasteiger partial charge is 0.281 e. The van der Waals surface area contributed by atoms with Gasteiger partial charge in [-0.25, -0.2) is 10.1 Å². The fraction of sp³-hybridized carbons (Fsp3) is 0.0714. The number of aromatic amines is 1. The summed E-state index contributed by atoms with van der Waals surface area (Å²) in [6.07, 6.45) is 0. The number of fused-ring (bicyclic) bond motifs is 1. The third kappa shape index (κ3) is 1.65. The van der Waals surface area contributed by atoms with Gasteiger partial charge in [-0.05, 0) is 24.6 Å². The molecular formula is C14H9N5. The highest BCUT2D eigenvalue weighted by atomic mass is 15.3. The quantitative estimate of drug-likeness (QED) is 0.672. The summed E-state index contributed by atoms with van der Waals surface area (Å²) in [5, 5.41) is 11.9. The molecule has 3 rings (SSSR count). The first-order chi connectivity index (χ1) is 9.22. The number of benzene rings is 1. The topological polar surface area (TPSA) is 61.2 Å². The number of aryl methyl sites for hydroxylation is 1. The van der Waals surface area contributed by atoms with E-state index in [2.05, 4.69) is 21.0 Å².